The number of rotatable bonds is 5. The lowest BCUT2D eigenvalue weighted by Crippen LogP contribution is -2.37. The van der Waals surface area contributed by atoms with E-state index in [1.165, 1.54) is 37.0 Å². The van der Waals surface area contributed by atoms with Gasteiger partial charge in [-0.05, 0) is 6.08 Å². The van der Waals surface area contributed by atoms with Gasteiger partial charge < -0.3 is 4.57 Å². The van der Waals surface area contributed by atoms with Gasteiger partial charge in [0.2, 0.25) is 0 Å². The molecule has 0 saturated carbocycles. The van der Waals surface area contributed by atoms with Crippen molar-refractivity contribution in [3.63, 3.8) is 0 Å². The van der Waals surface area contributed by atoms with Crippen LogP contribution >= 0.6 is 0 Å². The molecule has 146 valence electrons. The number of carbonyl (C=O) groups is 1. The molecule has 0 unspecified atom stereocenters. The van der Waals surface area contributed by atoms with E-state index in [1.807, 2.05) is 60.7 Å². The summed E-state index contributed by atoms with van der Waals surface area (Å²) in [7, 11) is 2.92. The monoisotopic (exact) mass is 388 g/mol. The Kier molecular flexibility index (Phi) is 5.99. The lowest BCUT2D eigenvalue weighted by molar-refractivity contribution is -0.116. The van der Waals surface area contributed by atoms with Crippen molar-refractivity contribution in [3.8, 4) is 0 Å². The molecule has 2 aromatic carbocycles. The summed E-state index contributed by atoms with van der Waals surface area (Å²) in [5.74, 6) is -0.495. The minimum Gasteiger partial charge on any atom is -0.303 e. The van der Waals surface area contributed by atoms with Gasteiger partial charge in [0.25, 0.3) is 11.5 Å². The zero-order chi connectivity index (χ0) is 20.8. The van der Waals surface area contributed by atoms with Gasteiger partial charge in [-0.25, -0.2) is 10.2 Å². The minimum atomic E-state index is -0.495. The number of hydrogen-bond donors (Lipinski definition) is 1. The van der Waals surface area contributed by atoms with Crippen molar-refractivity contribution in [1.82, 2.24) is 14.6 Å². The molecule has 3 rings (SSSR count). The second-order valence-corrected chi connectivity index (χ2v) is 6.34. The molecular formula is C22H20N4O3. The van der Waals surface area contributed by atoms with Crippen molar-refractivity contribution >= 4 is 17.7 Å². The van der Waals surface area contributed by atoms with E-state index in [2.05, 4.69) is 10.5 Å². The van der Waals surface area contributed by atoms with Crippen molar-refractivity contribution in [2.75, 3.05) is 0 Å². The maximum absolute atomic E-state index is 12.2. The molecule has 7 heteroatoms. The van der Waals surface area contributed by atoms with E-state index in [9.17, 15) is 14.4 Å². The second kappa shape index (κ2) is 8.79. The minimum absolute atomic E-state index is 0.222. The Hall–Kier alpha value is -4.00. The summed E-state index contributed by atoms with van der Waals surface area (Å²) in [5.41, 5.74) is 4.14. The van der Waals surface area contributed by atoms with Crippen LogP contribution in [0, 0.1) is 0 Å². The van der Waals surface area contributed by atoms with Gasteiger partial charge in [0, 0.05) is 37.5 Å². The van der Waals surface area contributed by atoms with Gasteiger partial charge in [0.05, 0.1) is 11.3 Å². The van der Waals surface area contributed by atoms with Crippen LogP contribution in [0.3, 0.4) is 0 Å². The van der Waals surface area contributed by atoms with Crippen LogP contribution in [0.15, 0.2) is 87.6 Å². The Morgan fingerprint density at radius 2 is 1.48 bits per heavy atom. The molecule has 7 nitrogen and oxygen atoms in total. The molecular weight excluding hydrogens is 368 g/mol. The fourth-order valence-corrected chi connectivity index (χ4v) is 2.75. The van der Waals surface area contributed by atoms with Crippen LogP contribution in [0.4, 0.5) is 0 Å². The number of amides is 1. The van der Waals surface area contributed by atoms with Gasteiger partial charge in [0.1, 0.15) is 0 Å². The molecule has 1 N–H and O–H groups in total. The molecule has 0 aliphatic rings. The molecule has 0 spiro atoms. The molecule has 0 aliphatic carbocycles. The highest BCUT2D eigenvalue weighted by molar-refractivity contribution is 6.13. The maximum Gasteiger partial charge on any atom is 0.330 e. The largest absolute Gasteiger partial charge is 0.330 e. The molecule has 3 aromatic rings. The van der Waals surface area contributed by atoms with Crippen LogP contribution < -0.4 is 16.7 Å². The molecule has 1 amide bonds. The number of benzene rings is 2. The standard InChI is InChI=1S/C22H20N4O3/c1-25-15-18(21(28)26(2)22(25)29)13-14-19(27)23-24-20(16-9-5-3-6-10-16)17-11-7-4-8-12-17/h3-15H,1-2H3,(H,23,27)/b14-13+. The molecule has 0 bridgehead atoms. The first kappa shape index (κ1) is 19.8. The quantitative estimate of drug-likeness (QED) is 0.410. The molecule has 0 aliphatic heterocycles. The molecule has 0 atom stereocenters. The van der Waals surface area contributed by atoms with E-state index in [4.69, 9.17) is 0 Å². The predicted molar refractivity (Wildman–Crippen MR) is 113 cm³/mol. The number of nitrogens with one attached hydrogen (secondary N) is 1. The normalized spacial score (nSPS) is 10.7. The van der Waals surface area contributed by atoms with Gasteiger partial charge in [-0.1, -0.05) is 60.7 Å². The molecule has 29 heavy (non-hydrogen) atoms. The van der Waals surface area contributed by atoms with Crippen molar-refractivity contribution in [1.29, 1.82) is 0 Å². The fraction of sp³-hybridized carbons (Fsp3) is 0.0909. The van der Waals surface area contributed by atoms with E-state index in [0.717, 1.165) is 15.7 Å². The Labute approximate surface area is 167 Å². The number of nitrogens with zero attached hydrogens (tertiary/aromatic N) is 3. The van der Waals surface area contributed by atoms with E-state index in [0.29, 0.717) is 5.71 Å². The third-order valence-electron chi connectivity index (χ3n) is 4.26. The number of aromatic nitrogens is 2. The third-order valence-corrected chi connectivity index (χ3v) is 4.26. The summed E-state index contributed by atoms with van der Waals surface area (Å²) in [6.45, 7) is 0. The average Bonchev–Trinajstić information content (AvgIpc) is 2.75. The third kappa shape index (κ3) is 4.65. The first-order chi connectivity index (χ1) is 14.0. The number of carbonyl (C=O) groups excluding carboxylic acids is 1. The summed E-state index contributed by atoms with van der Waals surface area (Å²) < 4.78 is 2.26. The number of hydrazone groups is 1. The Balaban J connectivity index is 1.85. The van der Waals surface area contributed by atoms with E-state index in [-0.39, 0.29) is 5.56 Å². The van der Waals surface area contributed by atoms with Crippen molar-refractivity contribution in [3.05, 3.63) is 110 Å². The predicted octanol–water partition coefficient (Wildman–Crippen LogP) is 1.67. The SMILES string of the molecule is Cn1cc(/C=C/C(=O)NN=C(c2ccccc2)c2ccccc2)c(=O)n(C)c1=O. The number of aryl methyl sites for hydroxylation is 1. The van der Waals surface area contributed by atoms with Gasteiger partial charge in [-0.15, -0.1) is 0 Å². The smallest absolute Gasteiger partial charge is 0.303 e. The summed E-state index contributed by atoms with van der Waals surface area (Å²) in [5, 5.41) is 4.28. The first-order valence-corrected chi connectivity index (χ1v) is 8.90. The highest BCUT2D eigenvalue weighted by atomic mass is 16.2. The highest BCUT2D eigenvalue weighted by Gasteiger charge is 2.08. The second-order valence-electron chi connectivity index (χ2n) is 6.34. The van der Waals surface area contributed by atoms with Crippen molar-refractivity contribution in [2.24, 2.45) is 19.2 Å². The van der Waals surface area contributed by atoms with Crippen LogP contribution in [0.2, 0.25) is 0 Å². The summed E-state index contributed by atoms with van der Waals surface area (Å²) in [6, 6.07) is 19.0. The Bertz CT molecular complexity index is 1150. The van der Waals surface area contributed by atoms with E-state index >= 15 is 0 Å². The van der Waals surface area contributed by atoms with Gasteiger partial charge >= 0.3 is 5.69 Å². The van der Waals surface area contributed by atoms with Crippen LogP contribution in [0.25, 0.3) is 6.08 Å². The van der Waals surface area contributed by atoms with Crippen LogP contribution in [0.1, 0.15) is 16.7 Å². The van der Waals surface area contributed by atoms with Crippen LogP contribution in [0.5, 0.6) is 0 Å². The lowest BCUT2D eigenvalue weighted by atomic mass is 10.0. The van der Waals surface area contributed by atoms with Crippen LogP contribution in [-0.4, -0.2) is 20.8 Å². The lowest BCUT2D eigenvalue weighted by Gasteiger charge is -2.07. The zero-order valence-electron chi connectivity index (χ0n) is 16.1. The summed E-state index contributed by atoms with van der Waals surface area (Å²) >= 11 is 0. The average molecular weight is 388 g/mol. The summed E-state index contributed by atoms with van der Waals surface area (Å²) in [6.07, 6.45) is 3.95. The topological polar surface area (TPSA) is 85.5 Å². The fourth-order valence-electron chi connectivity index (χ4n) is 2.75. The summed E-state index contributed by atoms with van der Waals surface area (Å²) in [4.78, 5) is 36.1. The van der Waals surface area contributed by atoms with Crippen molar-refractivity contribution < 1.29 is 4.79 Å². The molecule has 0 fully saturated rings. The molecule has 1 heterocycles. The highest BCUT2D eigenvalue weighted by Crippen LogP contribution is 2.10. The zero-order valence-corrected chi connectivity index (χ0v) is 16.1. The van der Waals surface area contributed by atoms with Crippen LogP contribution in [-0.2, 0) is 18.9 Å². The first-order valence-electron chi connectivity index (χ1n) is 8.90. The molecule has 0 radical (unpaired) electrons. The molecule has 1 aromatic heterocycles. The Morgan fingerprint density at radius 3 is 2.03 bits per heavy atom. The van der Waals surface area contributed by atoms with E-state index in [1.54, 1.807) is 0 Å². The van der Waals surface area contributed by atoms with Crippen molar-refractivity contribution in [2.45, 2.75) is 0 Å². The number of hydrogen-bond acceptors (Lipinski definition) is 4. The van der Waals surface area contributed by atoms with Gasteiger partial charge in [0.15, 0.2) is 0 Å². The maximum atomic E-state index is 12.2. The Morgan fingerprint density at radius 1 is 0.931 bits per heavy atom. The van der Waals surface area contributed by atoms with Gasteiger partial charge in [-0.3, -0.25) is 14.2 Å². The van der Waals surface area contributed by atoms with Gasteiger partial charge in [-0.2, -0.15) is 5.10 Å². The molecule has 0 saturated heterocycles. The van der Waals surface area contributed by atoms with E-state index < -0.39 is 17.2 Å².